The Hall–Kier alpha value is -2.10. The van der Waals surface area contributed by atoms with Crippen LogP contribution in [0.2, 0.25) is 0 Å². The molecule has 2 rings (SSSR count). The van der Waals surface area contributed by atoms with Crippen LogP contribution >= 0.6 is 0 Å². The lowest BCUT2D eigenvalue weighted by atomic mass is 10.2. The topological polar surface area (TPSA) is 59.3 Å². The highest BCUT2D eigenvalue weighted by Crippen LogP contribution is 2.11. The predicted octanol–water partition coefficient (Wildman–Crippen LogP) is 2.32. The van der Waals surface area contributed by atoms with E-state index in [1.807, 2.05) is 13.8 Å². The molecule has 4 nitrogen and oxygen atoms in total. The molecule has 0 aliphatic heterocycles. The first kappa shape index (κ1) is 12.4. The number of fused-ring (bicyclic) bond motifs is 1. The summed E-state index contributed by atoms with van der Waals surface area (Å²) < 4.78 is 5.44. The Balaban J connectivity index is 2.41. The fourth-order valence-corrected chi connectivity index (χ4v) is 1.61. The zero-order valence-electron chi connectivity index (χ0n) is 10.4. The van der Waals surface area contributed by atoms with Crippen LogP contribution in [0.15, 0.2) is 39.5 Å². The molecule has 0 unspecified atom stereocenters. The predicted molar refractivity (Wildman–Crippen MR) is 69.7 cm³/mol. The molecule has 2 aromatic rings. The summed E-state index contributed by atoms with van der Waals surface area (Å²) in [6.45, 7) is 3.87. The van der Waals surface area contributed by atoms with Gasteiger partial charge in [-0.3, -0.25) is 9.59 Å². The molecule has 0 saturated heterocycles. The first-order valence-electron chi connectivity index (χ1n) is 5.95. The molecule has 1 atom stereocenters. The SMILES string of the molecule is CC[C@H](C)NC(=O)c1cc(=O)c2ccccc2o1. The summed E-state index contributed by atoms with van der Waals surface area (Å²) in [5, 5.41) is 3.25. The number of rotatable bonds is 3. The first-order chi connectivity index (χ1) is 8.61. The second kappa shape index (κ2) is 5.04. The van der Waals surface area contributed by atoms with Gasteiger partial charge in [0.25, 0.3) is 5.91 Å². The van der Waals surface area contributed by atoms with Crippen LogP contribution in [0.3, 0.4) is 0 Å². The van der Waals surface area contributed by atoms with Gasteiger partial charge in [0.15, 0.2) is 11.2 Å². The maximum absolute atomic E-state index is 11.9. The van der Waals surface area contributed by atoms with E-state index in [0.717, 1.165) is 6.42 Å². The van der Waals surface area contributed by atoms with E-state index >= 15 is 0 Å². The fourth-order valence-electron chi connectivity index (χ4n) is 1.61. The highest BCUT2D eigenvalue weighted by atomic mass is 16.3. The van der Waals surface area contributed by atoms with E-state index < -0.39 is 0 Å². The van der Waals surface area contributed by atoms with E-state index in [9.17, 15) is 9.59 Å². The third kappa shape index (κ3) is 2.42. The Kier molecular flexibility index (Phi) is 3.46. The average molecular weight is 245 g/mol. The largest absolute Gasteiger partial charge is 0.451 e. The van der Waals surface area contributed by atoms with E-state index in [-0.39, 0.29) is 23.1 Å². The highest BCUT2D eigenvalue weighted by Gasteiger charge is 2.13. The lowest BCUT2D eigenvalue weighted by Crippen LogP contribution is -2.32. The number of carbonyl (C=O) groups is 1. The Labute approximate surface area is 105 Å². The molecule has 0 fully saturated rings. The molecule has 1 amide bonds. The average Bonchev–Trinajstić information content (AvgIpc) is 2.38. The molecule has 0 bridgehead atoms. The summed E-state index contributed by atoms with van der Waals surface area (Å²) >= 11 is 0. The molecule has 0 aliphatic rings. The minimum Gasteiger partial charge on any atom is -0.451 e. The Bertz CT molecular complexity index is 630. The van der Waals surface area contributed by atoms with Crippen molar-refractivity contribution in [3.63, 3.8) is 0 Å². The molecule has 1 aromatic carbocycles. The van der Waals surface area contributed by atoms with Crippen LogP contribution in [-0.2, 0) is 0 Å². The van der Waals surface area contributed by atoms with Crippen molar-refractivity contribution in [1.82, 2.24) is 5.32 Å². The third-order valence-electron chi connectivity index (χ3n) is 2.85. The van der Waals surface area contributed by atoms with Gasteiger partial charge in [0.2, 0.25) is 0 Å². The van der Waals surface area contributed by atoms with Crippen LogP contribution < -0.4 is 10.7 Å². The van der Waals surface area contributed by atoms with E-state index in [4.69, 9.17) is 4.42 Å². The Morgan fingerprint density at radius 1 is 1.39 bits per heavy atom. The Morgan fingerprint density at radius 2 is 2.11 bits per heavy atom. The molecule has 0 saturated carbocycles. The zero-order chi connectivity index (χ0) is 13.1. The van der Waals surface area contributed by atoms with Crippen LogP contribution in [0.5, 0.6) is 0 Å². The molecule has 0 spiro atoms. The van der Waals surface area contributed by atoms with Gasteiger partial charge >= 0.3 is 0 Å². The van der Waals surface area contributed by atoms with E-state index in [2.05, 4.69) is 5.32 Å². The van der Waals surface area contributed by atoms with E-state index in [1.165, 1.54) is 6.07 Å². The maximum atomic E-state index is 11.9. The summed E-state index contributed by atoms with van der Waals surface area (Å²) in [7, 11) is 0. The second-order valence-corrected chi connectivity index (χ2v) is 4.25. The molecule has 1 aromatic heterocycles. The van der Waals surface area contributed by atoms with Crippen molar-refractivity contribution in [3.8, 4) is 0 Å². The fraction of sp³-hybridized carbons (Fsp3) is 0.286. The molecule has 4 heteroatoms. The van der Waals surface area contributed by atoms with Crippen molar-refractivity contribution in [2.45, 2.75) is 26.3 Å². The summed E-state index contributed by atoms with van der Waals surface area (Å²) in [5.41, 5.74) is 0.227. The number of amides is 1. The monoisotopic (exact) mass is 245 g/mol. The smallest absolute Gasteiger partial charge is 0.287 e. The second-order valence-electron chi connectivity index (χ2n) is 4.25. The summed E-state index contributed by atoms with van der Waals surface area (Å²) in [6, 6.07) is 8.17. The van der Waals surface area contributed by atoms with Gasteiger partial charge in [-0.1, -0.05) is 19.1 Å². The molecular weight excluding hydrogens is 230 g/mol. The lowest BCUT2D eigenvalue weighted by molar-refractivity contribution is 0.0912. The zero-order valence-corrected chi connectivity index (χ0v) is 10.4. The summed E-state index contributed by atoms with van der Waals surface area (Å²) in [5.74, 6) is -0.300. The quantitative estimate of drug-likeness (QED) is 0.902. The van der Waals surface area contributed by atoms with Gasteiger partial charge in [0, 0.05) is 12.1 Å². The van der Waals surface area contributed by atoms with Crippen LogP contribution in [0.25, 0.3) is 11.0 Å². The van der Waals surface area contributed by atoms with E-state index in [0.29, 0.717) is 11.0 Å². The normalized spacial score (nSPS) is 12.3. The van der Waals surface area contributed by atoms with Crippen molar-refractivity contribution in [1.29, 1.82) is 0 Å². The van der Waals surface area contributed by atoms with Gasteiger partial charge in [-0.2, -0.15) is 0 Å². The van der Waals surface area contributed by atoms with Crippen molar-refractivity contribution in [3.05, 3.63) is 46.3 Å². The summed E-state index contributed by atoms with van der Waals surface area (Å²) in [6.07, 6.45) is 0.823. The van der Waals surface area contributed by atoms with Crippen molar-refractivity contribution in [2.24, 2.45) is 0 Å². The van der Waals surface area contributed by atoms with Gasteiger partial charge in [-0.05, 0) is 25.5 Å². The van der Waals surface area contributed by atoms with Crippen LogP contribution in [0.1, 0.15) is 30.8 Å². The minimum absolute atomic E-state index is 0.0503. The van der Waals surface area contributed by atoms with Crippen molar-refractivity contribution >= 4 is 16.9 Å². The number of carbonyl (C=O) groups excluding carboxylic acids is 1. The van der Waals surface area contributed by atoms with Crippen LogP contribution in [-0.4, -0.2) is 11.9 Å². The van der Waals surface area contributed by atoms with E-state index in [1.54, 1.807) is 24.3 Å². The van der Waals surface area contributed by atoms with Gasteiger partial charge in [0.1, 0.15) is 5.58 Å². The van der Waals surface area contributed by atoms with Crippen molar-refractivity contribution in [2.75, 3.05) is 0 Å². The third-order valence-corrected chi connectivity index (χ3v) is 2.85. The molecule has 0 aliphatic carbocycles. The highest BCUT2D eigenvalue weighted by molar-refractivity contribution is 5.93. The molecule has 18 heavy (non-hydrogen) atoms. The molecule has 1 N–H and O–H groups in total. The van der Waals surface area contributed by atoms with Gasteiger partial charge in [-0.15, -0.1) is 0 Å². The van der Waals surface area contributed by atoms with Crippen molar-refractivity contribution < 1.29 is 9.21 Å². The number of benzene rings is 1. The van der Waals surface area contributed by atoms with Gasteiger partial charge < -0.3 is 9.73 Å². The molecule has 1 heterocycles. The molecule has 0 radical (unpaired) electrons. The Morgan fingerprint density at radius 3 is 2.83 bits per heavy atom. The van der Waals surface area contributed by atoms with Crippen LogP contribution in [0.4, 0.5) is 0 Å². The molecule has 94 valence electrons. The lowest BCUT2D eigenvalue weighted by Gasteiger charge is -2.10. The number of hydrogen-bond donors (Lipinski definition) is 1. The maximum Gasteiger partial charge on any atom is 0.287 e. The number of nitrogens with one attached hydrogen (secondary N) is 1. The molecular formula is C14H15NO3. The van der Waals surface area contributed by atoms with Gasteiger partial charge in [0.05, 0.1) is 5.39 Å². The minimum atomic E-state index is -0.354. The number of para-hydroxylation sites is 1. The standard InChI is InChI=1S/C14H15NO3/c1-3-9(2)15-14(17)13-8-11(16)10-6-4-5-7-12(10)18-13/h4-9H,3H2,1-2H3,(H,15,17)/t9-/m0/s1. The van der Waals surface area contributed by atoms with Gasteiger partial charge in [-0.25, -0.2) is 0 Å². The number of hydrogen-bond acceptors (Lipinski definition) is 3. The van der Waals surface area contributed by atoms with Crippen LogP contribution in [0, 0.1) is 0 Å². The summed E-state index contributed by atoms with van der Waals surface area (Å²) in [4.78, 5) is 23.7. The first-order valence-corrected chi connectivity index (χ1v) is 5.95.